The summed E-state index contributed by atoms with van der Waals surface area (Å²) in [4.78, 5) is 0. The van der Waals surface area contributed by atoms with Crippen LogP contribution < -0.4 is 10.6 Å². The Kier molecular flexibility index (Phi) is 4.38. The largest absolute Gasteiger partial charge is 0.505 e. The van der Waals surface area contributed by atoms with E-state index in [-0.39, 0.29) is 11.8 Å². The van der Waals surface area contributed by atoms with Crippen molar-refractivity contribution >= 4 is 5.69 Å². The first-order chi connectivity index (χ1) is 8.65. The number of hydrogen-bond acceptors (Lipinski definition) is 4. The summed E-state index contributed by atoms with van der Waals surface area (Å²) >= 11 is 0. The van der Waals surface area contributed by atoms with Crippen LogP contribution >= 0.6 is 0 Å². The number of aromatic hydroxyl groups is 1. The molecule has 2 unspecified atom stereocenters. The topological polar surface area (TPSA) is 53.5 Å². The zero-order valence-corrected chi connectivity index (χ0v) is 10.4. The van der Waals surface area contributed by atoms with Crippen LogP contribution in [0.15, 0.2) is 18.2 Å². The van der Waals surface area contributed by atoms with Gasteiger partial charge in [0.1, 0.15) is 0 Å². The molecule has 2 rings (SSSR count). The molecule has 1 fully saturated rings. The van der Waals surface area contributed by atoms with Crippen LogP contribution in [0.25, 0.3) is 0 Å². The maximum absolute atomic E-state index is 13.2. The molecule has 0 bridgehead atoms. The van der Waals surface area contributed by atoms with Gasteiger partial charge in [-0.15, -0.1) is 0 Å². The second-order valence-corrected chi connectivity index (χ2v) is 4.67. The number of phenolic OH excluding ortho intramolecular Hbond substituents is 1. The molecule has 1 heterocycles. The van der Waals surface area contributed by atoms with Crippen molar-refractivity contribution in [2.45, 2.75) is 25.4 Å². The molecule has 1 aromatic rings. The number of morpholine rings is 1. The normalized spacial score (nSPS) is 21.6. The molecule has 0 saturated carbocycles. The van der Waals surface area contributed by atoms with Crippen LogP contribution in [-0.2, 0) is 4.74 Å². The first kappa shape index (κ1) is 13.1. The summed E-state index contributed by atoms with van der Waals surface area (Å²) in [6.45, 7) is 4.41. The van der Waals surface area contributed by atoms with Crippen molar-refractivity contribution in [3.63, 3.8) is 0 Å². The van der Waals surface area contributed by atoms with Crippen LogP contribution in [0.1, 0.15) is 13.3 Å². The summed E-state index contributed by atoms with van der Waals surface area (Å²) < 4.78 is 18.6. The van der Waals surface area contributed by atoms with Gasteiger partial charge in [-0.25, -0.2) is 4.39 Å². The Hall–Kier alpha value is -1.33. The van der Waals surface area contributed by atoms with E-state index in [1.54, 1.807) is 6.07 Å². The number of benzene rings is 1. The van der Waals surface area contributed by atoms with Crippen molar-refractivity contribution in [2.24, 2.45) is 0 Å². The van der Waals surface area contributed by atoms with E-state index in [0.717, 1.165) is 26.2 Å². The fourth-order valence-corrected chi connectivity index (χ4v) is 2.14. The molecular formula is C13H19FN2O2. The molecule has 0 aromatic heterocycles. The van der Waals surface area contributed by atoms with Crippen molar-refractivity contribution in [1.29, 1.82) is 0 Å². The SMILES string of the molecule is CC(CC1COCCN1)Nc1ccc(O)c(F)c1. The zero-order chi connectivity index (χ0) is 13.0. The minimum Gasteiger partial charge on any atom is -0.505 e. The van der Waals surface area contributed by atoms with Crippen LogP contribution in [0.5, 0.6) is 5.75 Å². The van der Waals surface area contributed by atoms with Gasteiger partial charge in [0, 0.05) is 30.4 Å². The molecule has 1 aliphatic heterocycles. The van der Waals surface area contributed by atoms with Crippen LogP contribution in [0, 0.1) is 5.82 Å². The maximum Gasteiger partial charge on any atom is 0.166 e. The van der Waals surface area contributed by atoms with Gasteiger partial charge in [0.2, 0.25) is 0 Å². The Morgan fingerprint density at radius 3 is 3.11 bits per heavy atom. The first-order valence-electron chi connectivity index (χ1n) is 6.21. The lowest BCUT2D eigenvalue weighted by Gasteiger charge is -2.27. The molecule has 1 aromatic carbocycles. The maximum atomic E-state index is 13.2. The number of halogens is 1. The Morgan fingerprint density at radius 2 is 2.44 bits per heavy atom. The van der Waals surface area contributed by atoms with Gasteiger partial charge in [-0.05, 0) is 25.5 Å². The van der Waals surface area contributed by atoms with E-state index in [0.29, 0.717) is 11.7 Å². The van der Waals surface area contributed by atoms with E-state index >= 15 is 0 Å². The summed E-state index contributed by atoms with van der Waals surface area (Å²) in [5, 5.41) is 15.7. The third kappa shape index (κ3) is 3.58. The van der Waals surface area contributed by atoms with E-state index in [1.165, 1.54) is 12.1 Å². The molecule has 4 nitrogen and oxygen atoms in total. The van der Waals surface area contributed by atoms with Crippen molar-refractivity contribution in [3.05, 3.63) is 24.0 Å². The lowest BCUT2D eigenvalue weighted by atomic mass is 10.1. The highest BCUT2D eigenvalue weighted by molar-refractivity contribution is 5.47. The number of hydrogen-bond donors (Lipinski definition) is 3. The fourth-order valence-electron chi connectivity index (χ4n) is 2.14. The van der Waals surface area contributed by atoms with E-state index in [2.05, 4.69) is 10.6 Å². The molecule has 0 aliphatic carbocycles. The van der Waals surface area contributed by atoms with Gasteiger partial charge in [-0.3, -0.25) is 0 Å². The fraction of sp³-hybridized carbons (Fsp3) is 0.538. The minimum atomic E-state index is -0.605. The number of ether oxygens (including phenoxy) is 1. The van der Waals surface area contributed by atoms with Crippen molar-refractivity contribution in [3.8, 4) is 5.75 Å². The number of phenols is 1. The summed E-state index contributed by atoms with van der Waals surface area (Å²) in [5.41, 5.74) is 0.675. The monoisotopic (exact) mass is 254 g/mol. The Balaban J connectivity index is 1.85. The summed E-state index contributed by atoms with van der Waals surface area (Å²) in [5.74, 6) is -0.929. The van der Waals surface area contributed by atoms with Gasteiger partial charge in [-0.2, -0.15) is 0 Å². The van der Waals surface area contributed by atoms with E-state index in [9.17, 15) is 4.39 Å². The first-order valence-corrected chi connectivity index (χ1v) is 6.21. The molecule has 0 radical (unpaired) electrons. The summed E-state index contributed by atoms with van der Waals surface area (Å²) in [6, 6.07) is 4.86. The predicted octanol–water partition coefficient (Wildman–Crippen LogP) is 1.71. The van der Waals surface area contributed by atoms with E-state index in [1.807, 2.05) is 6.92 Å². The molecule has 18 heavy (non-hydrogen) atoms. The van der Waals surface area contributed by atoms with Gasteiger partial charge in [0.15, 0.2) is 11.6 Å². The third-order valence-electron chi connectivity index (χ3n) is 3.00. The number of nitrogens with one attached hydrogen (secondary N) is 2. The lowest BCUT2D eigenvalue weighted by Crippen LogP contribution is -2.43. The molecule has 0 spiro atoms. The standard InChI is InChI=1S/C13H19FN2O2/c1-9(6-11-8-18-5-4-15-11)16-10-2-3-13(17)12(14)7-10/h2-3,7,9,11,15-17H,4-6,8H2,1H3. The molecular weight excluding hydrogens is 235 g/mol. The average molecular weight is 254 g/mol. The quantitative estimate of drug-likeness (QED) is 0.716. The van der Waals surface area contributed by atoms with Gasteiger partial charge in [0.05, 0.1) is 13.2 Å². The second-order valence-electron chi connectivity index (χ2n) is 4.67. The Labute approximate surface area is 106 Å². The predicted molar refractivity (Wildman–Crippen MR) is 68.4 cm³/mol. The van der Waals surface area contributed by atoms with Gasteiger partial charge < -0.3 is 20.5 Å². The Morgan fingerprint density at radius 1 is 1.61 bits per heavy atom. The lowest BCUT2D eigenvalue weighted by molar-refractivity contribution is 0.0731. The molecule has 0 amide bonds. The van der Waals surface area contributed by atoms with Crippen molar-refractivity contribution in [1.82, 2.24) is 5.32 Å². The smallest absolute Gasteiger partial charge is 0.166 e. The molecule has 1 saturated heterocycles. The van der Waals surface area contributed by atoms with Crippen LogP contribution in [0.4, 0.5) is 10.1 Å². The van der Waals surface area contributed by atoms with Crippen LogP contribution in [0.2, 0.25) is 0 Å². The summed E-state index contributed by atoms with van der Waals surface area (Å²) in [6.07, 6.45) is 0.905. The van der Waals surface area contributed by atoms with Crippen molar-refractivity contribution in [2.75, 3.05) is 25.1 Å². The van der Waals surface area contributed by atoms with E-state index in [4.69, 9.17) is 9.84 Å². The Bertz CT molecular complexity index is 395. The highest BCUT2D eigenvalue weighted by atomic mass is 19.1. The van der Waals surface area contributed by atoms with Gasteiger partial charge in [-0.1, -0.05) is 0 Å². The molecule has 3 N–H and O–H groups in total. The number of anilines is 1. The second kappa shape index (κ2) is 6.02. The minimum absolute atomic E-state index is 0.202. The van der Waals surface area contributed by atoms with E-state index < -0.39 is 5.82 Å². The molecule has 1 aliphatic rings. The average Bonchev–Trinajstić information content (AvgIpc) is 2.35. The third-order valence-corrected chi connectivity index (χ3v) is 3.00. The highest BCUT2D eigenvalue weighted by Gasteiger charge is 2.16. The molecule has 2 atom stereocenters. The number of rotatable bonds is 4. The highest BCUT2D eigenvalue weighted by Crippen LogP contribution is 2.20. The van der Waals surface area contributed by atoms with Crippen molar-refractivity contribution < 1.29 is 14.2 Å². The molecule has 5 heteroatoms. The van der Waals surface area contributed by atoms with Gasteiger partial charge >= 0.3 is 0 Å². The summed E-state index contributed by atoms with van der Waals surface area (Å²) in [7, 11) is 0. The van der Waals surface area contributed by atoms with Gasteiger partial charge in [0.25, 0.3) is 0 Å². The van der Waals surface area contributed by atoms with Crippen LogP contribution in [0.3, 0.4) is 0 Å². The van der Waals surface area contributed by atoms with Crippen LogP contribution in [-0.4, -0.2) is 36.9 Å². The molecule has 100 valence electrons. The zero-order valence-electron chi connectivity index (χ0n) is 10.4.